The summed E-state index contributed by atoms with van der Waals surface area (Å²) >= 11 is 3.42. The minimum Gasteiger partial charge on any atom is -0.345 e. The van der Waals surface area contributed by atoms with Gasteiger partial charge in [0.2, 0.25) is 0 Å². The van der Waals surface area contributed by atoms with Crippen molar-refractivity contribution in [2.24, 2.45) is 5.92 Å². The van der Waals surface area contributed by atoms with Crippen molar-refractivity contribution in [1.82, 2.24) is 0 Å². The molecule has 0 N–H and O–H groups in total. The highest BCUT2D eigenvalue weighted by Crippen LogP contribution is 2.33. The third-order valence-electron chi connectivity index (χ3n) is 2.18. The van der Waals surface area contributed by atoms with Crippen LogP contribution in [-0.2, 0) is 9.47 Å². The maximum atomic E-state index is 5.76. The molecule has 0 amide bonds. The fourth-order valence-corrected chi connectivity index (χ4v) is 2.18. The first-order valence-corrected chi connectivity index (χ1v) is 5.48. The summed E-state index contributed by atoms with van der Waals surface area (Å²) in [5, 5.41) is 0.837. The topological polar surface area (TPSA) is 18.5 Å². The Morgan fingerprint density at radius 3 is 2.25 bits per heavy atom. The van der Waals surface area contributed by atoms with Crippen LogP contribution in [0.1, 0.15) is 27.7 Å². The minimum atomic E-state index is -0.154. The molecule has 0 aromatic carbocycles. The molecule has 0 aliphatic carbocycles. The molecule has 72 valence electrons. The molecule has 1 aliphatic rings. The molecule has 2 atom stereocenters. The van der Waals surface area contributed by atoms with E-state index in [0.717, 1.165) is 5.33 Å². The summed E-state index contributed by atoms with van der Waals surface area (Å²) in [5.41, 5.74) is -0.154. The number of rotatable bonds is 2. The van der Waals surface area contributed by atoms with Crippen LogP contribution in [-0.4, -0.2) is 23.3 Å². The van der Waals surface area contributed by atoms with Crippen LogP contribution < -0.4 is 0 Å². The standard InChI is InChI=1S/C9H17BrO2/c1-6(2)8-11-7(5-10)9(3,4)12-8/h6-8H,5H2,1-4H3. The second-order valence-corrected chi connectivity index (χ2v) is 4.76. The maximum absolute atomic E-state index is 5.76. The van der Waals surface area contributed by atoms with E-state index in [1.807, 2.05) is 0 Å². The highest BCUT2D eigenvalue weighted by molar-refractivity contribution is 9.09. The predicted octanol–water partition coefficient (Wildman–Crippen LogP) is 2.56. The second kappa shape index (κ2) is 3.64. The summed E-state index contributed by atoms with van der Waals surface area (Å²) in [6.45, 7) is 8.36. The van der Waals surface area contributed by atoms with E-state index in [2.05, 4.69) is 43.6 Å². The van der Waals surface area contributed by atoms with Crippen LogP contribution >= 0.6 is 15.9 Å². The molecule has 0 bridgehead atoms. The molecule has 1 fully saturated rings. The van der Waals surface area contributed by atoms with Gasteiger partial charge in [-0.25, -0.2) is 0 Å². The lowest BCUT2D eigenvalue weighted by molar-refractivity contribution is -0.107. The van der Waals surface area contributed by atoms with E-state index in [1.165, 1.54) is 0 Å². The Morgan fingerprint density at radius 1 is 1.42 bits per heavy atom. The van der Waals surface area contributed by atoms with Crippen LogP contribution in [0.2, 0.25) is 0 Å². The maximum Gasteiger partial charge on any atom is 0.161 e. The summed E-state index contributed by atoms with van der Waals surface area (Å²) in [6.07, 6.45) is 0.132. The van der Waals surface area contributed by atoms with E-state index in [0.29, 0.717) is 5.92 Å². The fourth-order valence-electron chi connectivity index (χ4n) is 1.24. The zero-order chi connectivity index (χ0) is 9.35. The van der Waals surface area contributed by atoms with Crippen molar-refractivity contribution in [1.29, 1.82) is 0 Å². The molecule has 0 spiro atoms. The zero-order valence-corrected chi connectivity index (χ0v) is 9.72. The number of hydrogen-bond donors (Lipinski definition) is 0. The van der Waals surface area contributed by atoms with Gasteiger partial charge in [-0.05, 0) is 13.8 Å². The smallest absolute Gasteiger partial charge is 0.161 e. The summed E-state index contributed by atoms with van der Waals surface area (Å²) < 4.78 is 11.5. The Hall–Kier alpha value is 0.400. The van der Waals surface area contributed by atoms with Gasteiger partial charge in [-0.1, -0.05) is 29.8 Å². The largest absolute Gasteiger partial charge is 0.345 e. The Labute approximate surface area is 82.7 Å². The molecule has 1 saturated heterocycles. The lowest BCUT2D eigenvalue weighted by Gasteiger charge is -2.21. The number of ether oxygens (including phenoxy) is 2. The van der Waals surface area contributed by atoms with Gasteiger partial charge in [0.15, 0.2) is 6.29 Å². The van der Waals surface area contributed by atoms with E-state index in [1.54, 1.807) is 0 Å². The van der Waals surface area contributed by atoms with Crippen LogP contribution in [0, 0.1) is 5.92 Å². The molecule has 0 aromatic rings. The first-order valence-electron chi connectivity index (χ1n) is 4.36. The minimum absolute atomic E-state index is 0.0393. The lowest BCUT2D eigenvalue weighted by Crippen LogP contribution is -2.33. The van der Waals surface area contributed by atoms with E-state index < -0.39 is 0 Å². The van der Waals surface area contributed by atoms with Crippen molar-refractivity contribution in [2.45, 2.75) is 45.7 Å². The van der Waals surface area contributed by atoms with Crippen molar-refractivity contribution in [3.63, 3.8) is 0 Å². The van der Waals surface area contributed by atoms with E-state index in [4.69, 9.17) is 9.47 Å². The van der Waals surface area contributed by atoms with Gasteiger partial charge in [0.25, 0.3) is 0 Å². The SMILES string of the molecule is CC(C)C1OC(CBr)C(C)(C)O1. The predicted molar refractivity (Wildman–Crippen MR) is 52.5 cm³/mol. The highest BCUT2D eigenvalue weighted by Gasteiger charge is 2.42. The van der Waals surface area contributed by atoms with E-state index in [-0.39, 0.29) is 18.0 Å². The summed E-state index contributed by atoms with van der Waals surface area (Å²) in [7, 11) is 0. The van der Waals surface area contributed by atoms with Gasteiger partial charge in [-0.3, -0.25) is 0 Å². The molecular weight excluding hydrogens is 220 g/mol. The fraction of sp³-hybridized carbons (Fsp3) is 1.00. The summed E-state index contributed by atoms with van der Waals surface area (Å²) in [6, 6.07) is 0. The first kappa shape index (κ1) is 10.5. The van der Waals surface area contributed by atoms with Gasteiger partial charge < -0.3 is 9.47 Å². The lowest BCUT2D eigenvalue weighted by atomic mass is 10.0. The van der Waals surface area contributed by atoms with E-state index in [9.17, 15) is 0 Å². The van der Waals surface area contributed by atoms with Crippen LogP contribution in [0.4, 0.5) is 0 Å². The molecule has 0 radical (unpaired) electrons. The molecule has 2 nitrogen and oxygen atoms in total. The number of halogens is 1. The van der Waals surface area contributed by atoms with Crippen molar-refractivity contribution in [2.75, 3.05) is 5.33 Å². The van der Waals surface area contributed by atoms with Crippen molar-refractivity contribution < 1.29 is 9.47 Å². The third-order valence-corrected chi connectivity index (χ3v) is 2.77. The molecule has 3 heteroatoms. The Balaban J connectivity index is 2.60. The summed E-state index contributed by atoms with van der Waals surface area (Å²) in [4.78, 5) is 0. The van der Waals surface area contributed by atoms with Gasteiger partial charge in [0.05, 0.1) is 11.7 Å². The molecular formula is C9H17BrO2. The van der Waals surface area contributed by atoms with Crippen molar-refractivity contribution in [3.8, 4) is 0 Å². The average molecular weight is 237 g/mol. The third kappa shape index (κ3) is 2.01. The van der Waals surface area contributed by atoms with Crippen LogP contribution in [0.15, 0.2) is 0 Å². The number of hydrogen-bond acceptors (Lipinski definition) is 2. The van der Waals surface area contributed by atoms with Gasteiger partial charge in [0.1, 0.15) is 0 Å². The normalized spacial score (nSPS) is 34.5. The van der Waals surface area contributed by atoms with Gasteiger partial charge in [-0.2, -0.15) is 0 Å². The van der Waals surface area contributed by atoms with E-state index >= 15 is 0 Å². The molecule has 1 aliphatic heterocycles. The molecule has 0 aromatic heterocycles. The highest BCUT2D eigenvalue weighted by atomic mass is 79.9. The molecule has 2 unspecified atom stereocenters. The van der Waals surface area contributed by atoms with Gasteiger partial charge >= 0.3 is 0 Å². The Kier molecular flexibility index (Phi) is 3.18. The molecule has 0 saturated carbocycles. The zero-order valence-electron chi connectivity index (χ0n) is 8.13. The molecule has 12 heavy (non-hydrogen) atoms. The van der Waals surface area contributed by atoms with Crippen molar-refractivity contribution in [3.05, 3.63) is 0 Å². The second-order valence-electron chi connectivity index (χ2n) is 4.11. The first-order chi connectivity index (χ1) is 5.47. The Morgan fingerprint density at radius 2 is 2.00 bits per heavy atom. The monoisotopic (exact) mass is 236 g/mol. The van der Waals surface area contributed by atoms with Crippen molar-refractivity contribution >= 4 is 15.9 Å². The Bertz CT molecular complexity index is 157. The quantitative estimate of drug-likeness (QED) is 0.687. The van der Waals surface area contributed by atoms with Crippen LogP contribution in [0.25, 0.3) is 0 Å². The molecule has 1 rings (SSSR count). The van der Waals surface area contributed by atoms with Crippen LogP contribution in [0.5, 0.6) is 0 Å². The van der Waals surface area contributed by atoms with Gasteiger partial charge in [-0.15, -0.1) is 0 Å². The number of alkyl halides is 1. The molecule has 1 heterocycles. The summed E-state index contributed by atoms with van der Waals surface area (Å²) in [5.74, 6) is 0.424. The van der Waals surface area contributed by atoms with Gasteiger partial charge in [0, 0.05) is 11.2 Å². The van der Waals surface area contributed by atoms with Crippen LogP contribution in [0.3, 0.4) is 0 Å². The average Bonchev–Trinajstić information content (AvgIpc) is 2.25.